The van der Waals surface area contributed by atoms with Crippen molar-refractivity contribution in [3.05, 3.63) is 42.2 Å². The van der Waals surface area contributed by atoms with Crippen molar-refractivity contribution in [2.24, 2.45) is 0 Å². The maximum atomic E-state index is 13.2. The Hall–Kier alpha value is -2.79. The average molecular weight is 417 g/mol. The highest BCUT2D eigenvalue weighted by molar-refractivity contribution is 7.89. The summed E-state index contributed by atoms with van der Waals surface area (Å²) >= 11 is 0. The summed E-state index contributed by atoms with van der Waals surface area (Å²) in [6.45, 7) is 8.03. The van der Waals surface area contributed by atoms with Crippen molar-refractivity contribution < 1.29 is 8.42 Å². The second-order valence-electron chi connectivity index (χ2n) is 6.89. The third-order valence-corrected chi connectivity index (χ3v) is 7.30. The average Bonchev–Trinajstić information content (AvgIpc) is 3.36. The van der Waals surface area contributed by atoms with Crippen LogP contribution in [0.15, 0.2) is 35.7 Å². The highest BCUT2D eigenvalue weighted by Gasteiger charge is 2.33. The fourth-order valence-corrected chi connectivity index (χ4v) is 5.48. The molecular formula is C18H24N8O2S. The van der Waals surface area contributed by atoms with Crippen LogP contribution in [0.5, 0.6) is 0 Å². The van der Waals surface area contributed by atoms with Crippen LogP contribution in [0.25, 0.3) is 5.82 Å². The van der Waals surface area contributed by atoms with Gasteiger partial charge in [-0.15, -0.1) is 0 Å². The number of aryl methyl sites for hydroxylation is 2. The van der Waals surface area contributed by atoms with Gasteiger partial charge in [-0.05, 0) is 26.8 Å². The zero-order valence-electron chi connectivity index (χ0n) is 16.7. The topological polar surface area (TPSA) is 102 Å². The SMILES string of the molecule is CCn1nc(C)c(S(=O)(=O)N2CCN(c3cc(-n4cccn4)ncn3)CC2)c1C. The van der Waals surface area contributed by atoms with E-state index in [0.717, 1.165) is 5.82 Å². The van der Waals surface area contributed by atoms with Gasteiger partial charge in [0, 0.05) is 51.2 Å². The molecule has 1 saturated heterocycles. The summed E-state index contributed by atoms with van der Waals surface area (Å²) in [7, 11) is -3.59. The molecule has 0 amide bonds. The van der Waals surface area contributed by atoms with Gasteiger partial charge < -0.3 is 4.90 Å². The minimum absolute atomic E-state index is 0.329. The van der Waals surface area contributed by atoms with Gasteiger partial charge >= 0.3 is 0 Å². The molecule has 29 heavy (non-hydrogen) atoms. The Bertz CT molecular complexity index is 1100. The molecule has 4 heterocycles. The van der Waals surface area contributed by atoms with Crippen molar-refractivity contribution in [3.63, 3.8) is 0 Å². The number of anilines is 1. The van der Waals surface area contributed by atoms with Gasteiger partial charge in [-0.1, -0.05) is 0 Å². The Morgan fingerprint density at radius 2 is 1.79 bits per heavy atom. The molecule has 0 N–H and O–H groups in total. The summed E-state index contributed by atoms with van der Waals surface area (Å²) in [5.74, 6) is 1.43. The number of aromatic nitrogens is 6. The second kappa shape index (κ2) is 7.56. The summed E-state index contributed by atoms with van der Waals surface area (Å²) in [6.07, 6.45) is 5.01. The summed E-state index contributed by atoms with van der Waals surface area (Å²) in [4.78, 5) is 11.0. The Balaban J connectivity index is 1.51. The molecule has 0 saturated carbocycles. The van der Waals surface area contributed by atoms with Crippen LogP contribution in [-0.4, -0.2) is 68.4 Å². The molecule has 1 fully saturated rings. The lowest BCUT2D eigenvalue weighted by Gasteiger charge is -2.34. The van der Waals surface area contributed by atoms with Gasteiger partial charge in [0.15, 0.2) is 5.82 Å². The van der Waals surface area contributed by atoms with E-state index in [-0.39, 0.29) is 0 Å². The lowest BCUT2D eigenvalue weighted by Crippen LogP contribution is -2.49. The van der Waals surface area contributed by atoms with Gasteiger partial charge in [0.05, 0.1) is 11.4 Å². The van der Waals surface area contributed by atoms with Crippen LogP contribution in [0.1, 0.15) is 18.3 Å². The van der Waals surface area contributed by atoms with Crippen LogP contribution >= 0.6 is 0 Å². The third kappa shape index (κ3) is 3.51. The first-order valence-electron chi connectivity index (χ1n) is 9.53. The Morgan fingerprint density at radius 1 is 1.07 bits per heavy atom. The number of hydrogen-bond acceptors (Lipinski definition) is 7. The molecule has 0 radical (unpaired) electrons. The first kappa shape index (κ1) is 19.5. The predicted molar refractivity (Wildman–Crippen MR) is 108 cm³/mol. The van der Waals surface area contributed by atoms with Gasteiger partial charge in [0.25, 0.3) is 0 Å². The molecule has 0 unspecified atom stereocenters. The maximum absolute atomic E-state index is 13.2. The first-order valence-corrected chi connectivity index (χ1v) is 11.0. The predicted octanol–water partition coefficient (Wildman–Crippen LogP) is 1.01. The standard InChI is InChI=1S/C18H24N8O2S/c1-4-25-15(3)18(14(2)22-25)29(27,28)24-10-8-23(9-11-24)16-12-17(20-13-19-16)26-7-5-6-21-26/h5-7,12-13H,4,8-11H2,1-3H3. The normalized spacial score (nSPS) is 15.8. The van der Waals surface area contributed by atoms with Gasteiger partial charge in [-0.3, -0.25) is 4.68 Å². The molecule has 0 spiro atoms. The Labute approximate surface area is 169 Å². The summed E-state index contributed by atoms with van der Waals surface area (Å²) < 4.78 is 31.4. The van der Waals surface area contributed by atoms with Gasteiger partial charge in [0.2, 0.25) is 10.0 Å². The molecule has 0 bridgehead atoms. The van der Waals surface area contributed by atoms with Crippen LogP contribution < -0.4 is 4.90 Å². The van der Waals surface area contributed by atoms with Crippen molar-refractivity contribution in [2.45, 2.75) is 32.2 Å². The van der Waals surface area contributed by atoms with Gasteiger partial charge in [0.1, 0.15) is 17.0 Å². The molecule has 3 aromatic rings. The second-order valence-corrected chi connectivity index (χ2v) is 8.77. The number of piperazine rings is 1. The molecule has 3 aromatic heterocycles. The van der Waals surface area contributed by atoms with E-state index in [9.17, 15) is 8.42 Å². The van der Waals surface area contributed by atoms with E-state index in [2.05, 4.69) is 25.1 Å². The molecular weight excluding hydrogens is 392 g/mol. The Kier molecular flexibility index (Phi) is 5.09. The molecule has 0 aliphatic carbocycles. The van der Waals surface area contributed by atoms with E-state index in [4.69, 9.17) is 0 Å². The minimum Gasteiger partial charge on any atom is -0.354 e. The molecule has 0 atom stereocenters. The number of sulfonamides is 1. The van der Waals surface area contributed by atoms with Crippen LogP contribution in [-0.2, 0) is 16.6 Å². The van der Waals surface area contributed by atoms with E-state index in [0.29, 0.717) is 54.8 Å². The van der Waals surface area contributed by atoms with Gasteiger partial charge in [-0.25, -0.2) is 23.1 Å². The minimum atomic E-state index is -3.59. The monoisotopic (exact) mass is 416 g/mol. The summed E-state index contributed by atoms with van der Waals surface area (Å²) in [5, 5.41) is 8.55. The Morgan fingerprint density at radius 3 is 2.41 bits per heavy atom. The van der Waals surface area contributed by atoms with Crippen LogP contribution in [0.4, 0.5) is 5.82 Å². The molecule has 1 aliphatic heterocycles. The largest absolute Gasteiger partial charge is 0.354 e. The zero-order valence-corrected chi connectivity index (χ0v) is 17.5. The lowest BCUT2D eigenvalue weighted by atomic mass is 10.3. The van der Waals surface area contributed by atoms with Crippen molar-refractivity contribution >= 4 is 15.8 Å². The van der Waals surface area contributed by atoms with Crippen LogP contribution in [0.2, 0.25) is 0 Å². The first-order chi connectivity index (χ1) is 13.9. The van der Waals surface area contributed by atoms with Crippen molar-refractivity contribution in [1.82, 2.24) is 33.8 Å². The van der Waals surface area contributed by atoms with Crippen molar-refractivity contribution in [3.8, 4) is 5.82 Å². The van der Waals surface area contributed by atoms with E-state index in [1.807, 2.05) is 32.2 Å². The molecule has 154 valence electrons. The van der Waals surface area contributed by atoms with E-state index >= 15 is 0 Å². The smallest absolute Gasteiger partial charge is 0.246 e. The van der Waals surface area contributed by atoms with Crippen molar-refractivity contribution in [2.75, 3.05) is 31.1 Å². The quantitative estimate of drug-likeness (QED) is 0.611. The third-order valence-electron chi connectivity index (χ3n) is 5.15. The molecule has 4 rings (SSSR count). The van der Waals surface area contributed by atoms with Crippen LogP contribution in [0.3, 0.4) is 0 Å². The maximum Gasteiger partial charge on any atom is 0.246 e. The molecule has 1 aliphatic rings. The number of hydrogen-bond donors (Lipinski definition) is 0. The highest BCUT2D eigenvalue weighted by atomic mass is 32.2. The number of nitrogens with zero attached hydrogens (tertiary/aromatic N) is 8. The molecule has 0 aromatic carbocycles. The molecule has 11 heteroatoms. The van der Waals surface area contributed by atoms with Crippen LogP contribution in [0, 0.1) is 13.8 Å². The molecule has 10 nitrogen and oxygen atoms in total. The van der Waals surface area contributed by atoms with E-state index in [1.165, 1.54) is 10.6 Å². The van der Waals surface area contributed by atoms with Gasteiger partial charge in [-0.2, -0.15) is 14.5 Å². The highest BCUT2D eigenvalue weighted by Crippen LogP contribution is 2.25. The summed E-state index contributed by atoms with van der Waals surface area (Å²) in [5.41, 5.74) is 1.23. The van der Waals surface area contributed by atoms with E-state index < -0.39 is 10.0 Å². The summed E-state index contributed by atoms with van der Waals surface area (Å²) in [6, 6.07) is 3.69. The zero-order chi connectivity index (χ0) is 20.6. The lowest BCUT2D eigenvalue weighted by molar-refractivity contribution is 0.383. The van der Waals surface area contributed by atoms with E-state index in [1.54, 1.807) is 22.5 Å². The fraction of sp³-hybridized carbons (Fsp3) is 0.444. The van der Waals surface area contributed by atoms with Crippen molar-refractivity contribution in [1.29, 1.82) is 0 Å². The number of rotatable bonds is 5. The fourth-order valence-electron chi connectivity index (χ4n) is 3.69.